The highest BCUT2D eigenvalue weighted by molar-refractivity contribution is 6.31. The molecule has 0 fully saturated rings. The minimum atomic E-state index is 0.721. The number of para-hydroxylation sites is 1. The Bertz CT molecular complexity index is 652. The standard InChI is InChI=1S/C13H9ClO/c1-8-6-9(14)7-12-13(8)10-4-2-3-5-11(10)15-12/h2-7H,1H3. The van der Waals surface area contributed by atoms with Crippen molar-refractivity contribution >= 4 is 33.5 Å². The maximum Gasteiger partial charge on any atom is 0.137 e. The Labute approximate surface area is 92.3 Å². The lowest BCUT2D eigenvalue weighted by atomic mass is 10.1. The number of aryl methyl sites for hydroxylation is 1. The lowest BCUT2D eigenvalue weighted by Gasteiger charge is -1.96. The summed E-state index contributed by atoms with van der Waals surface area (Å²) in [5.41, 5.74) is 2.93. The van der Waals surface area contributed by atoms with Crippen LogP contribution < -0.4 is 0 Å². The van der Waals surface area contributed by atoms with Crippen LogP contribution in [0, 0.1) is 6.92 Å². The topological polar surface area (TPSA) is 13.1 Å². The third-order valence-electron chi connectivity index (χ3n) is 2.64. The second-order valence-corrected chi connectivity index (χ2v) is 4.13. The summed E-state index contributed by atoms with van der Waals surface area (Å²) in [5.74, 6) is 0. The molecule has 0 amide bonds. The van der Waals surface area contributed by atoms with Gasteiger partial charge in [-0.25, -0.2) is 0 Å². The fourth-order valence-corrected chi connectivity index (χ4v) is 2.28. The molecule has 0 spiro atoms. The summed E-state index contributed by atoms with van der Waals surface area (Å²) in [5, 5.41) is 3.04. The van der Waals surface area contributed by atoms with Gasteiger partial charge in [0.25, 0.3) is 0 Å². The third-order valence-corrected chi connectivity index (χ3v) is 2.86. The predicted octanol–water partition coefficient (Wildman–Crippen LogP) is 4.55. The van der Waals surface area contributed by atoms with Gasteiger partial charge in [0.05, 0.1) is 0 Å². The zero-order valence-electron chi connectivity index (χ0n) is 8.25. The molecule has 15 heavy (non-hydrogen) atoms. The van der Waals surface area contributed by atoms with Crippen LogP contribution in [0.4, 0.5) is 0 Å². The monoisotopic (exact) mass is 216 g/mol. The second-order valence-electron chi connectivity index (χ2n) is 3.69. The average molecular weight is 217 g/mol. The lowest BCUT2D eigenvalue weighted by molar-refractivity contribution is 0.669. The number of fused-ring (bicyclic) bond motifs is 3. The van der Waals surface area contributed by atoms with Gasteiger partial charge in [0.2, 0.25) is 0 Å². The maximum atomic E-state index is 5.99. The van der Waals surface area contributed by atoms with Crippen molar-refractivity contribution < 1.29 is 4.42 Å². The molecule has 3 rings (SSSR count). The Hall–Kier alpha value is -1.47. The molecule has 74 valence electrons. The Kier molecular flexibility index (Phi) is 1.77. The first-order chi connectivity index (χ1) is 7.25. The largest absolute Gasteiger partial charge is 0.456 e. The second kappa shape index (κ2) is 3.01. The van der Waals surface area contributed by atoms with Gasteiger partial charge < -0.3 is 4.42 Å². The summed E-state index contributed by atoms with van der Waals surface area (Å²) in [6.45, 7) is 2.05. The first-order valence-corrected chi connectivity index (χ1v) is 5.21. The summed E-state index contributed by atoms with van der Waals surface area (Å²) in [4.78, 5) is 0. The summed E-state index contributed by atoms with van der Waals surface area (Å²) in [6, 6.07) is 11.9. The SMILES string of the molecule is Cc1cc(Cl)cc2oc3ccccc3c12. The van der Waals surface area contributed by atoms with Crippen LogP contribution in [0.25, 0.3) is 21.9 Å². The van der Waals surface area contributed by atoms with E-state index in [1.54, 1.807) is 0 Å². The van der Waals surface area contributed by atoms with Crippen molar-refractivity contribution in [3.05, 3.63) is 47.0 Å². The molecule has 0 atom stereocenters. The zero-order valence-corrected chi connectivity index (χ0v) is 9.01. The highest BCUT2D eigenvalue weighted by Crippen LogP contribution is 2.32. The summed E-state index contributed by atoms with van der Waals surface area (Å²) >= 11 is 5.99. The van der Waals surface area contributed by atoms with E-state index in [1.165, 1.54) is 0 Å². The molecule has 0 N–H and O–H groups in total. The van der Waals surface area contributed by atoms with E-state index in [2.05, 4.69) is 13.0 Å². The van der Waals surface area contributed by atoms with Gasteiger partial charge in [-0.05, 0) is 24.6 Å². The minimum absolute atomic E-state index is 0.721. The number of rotatable bonds is 0. The predicted molar refractivity (Wildman–Crippen MR) is 63.5 cm³/mol. The number of hydrogen-bond donors (Lipinski definition) is 0. The quantitative estimate of drug-likeness (QED) is 0.537. The van der Waals surface area contributed by atoms with E-state index in [9.17, 15) is 0 Å². The smallest absolute Gasteiger partial charge is 0.137 e. The number of benzene rings is 2. The molecular weight excluding hydrogens is 208 g/mol. The van der Waals surface area contributed by atoms with Crippen LogP contribution in [0.2, 0.25) is 5.02 Å². The molecule has 2 heteroatoms. The number of furan rings is 1. The van der Waals surface area contributed by atoms with Crippen molar-refractivity contribution in [2.24, 2.45) is 0 Å². The van der Waals surface area contributed by atoms with Gasteiger partial charge in [0.1, 0.15) is 11.2 Å². The summed E-state index contributed by atoms with van der Waals surface area (Å²) in [6.07, 6.45) is 0. The van der Waals surface area contributed by atoms with Gasteiger partial charge in [-0.2, -0.15) is 0 Å². The van der Waals surface area contributed by atoms with E-state index in [1.807, 2.05) is 30.3 Å². The van der Waals surface area contributed by atoms with Crippen molar-refractivity contribution in [1.29, 1.82) is 0 Å². The summed E-state index contributed by atoms with van der Waals surface area (Å²) < 4.78 is 5.73. The molecule has 0 aliphatic carbocycles. The molecule has 0 aliphatic heterocycles. The number of hydrogen-bond acceptors (Lipinski definition) is 1. The van der Waals surface area contributed by atoms with Gasteiger partial charge >= 0.3 is 0 Å². The van der Waals surface area contributed by atoms with E-state index in [4.69, 9.17) is 16.0 Å². The molecule has 1 nitrogen and oxygen atoms in total. The van der Waals surface area contributed by atoms with Crippen molar-refractivity contribution in [3.63, 3.8) is 0 Å². The molecule has 0 radical (unpaired) electrons. The van der Waals surface area contributed by atoms with E-state index < -0.39 is 0 Å². The van der Waals surface area contributed by atoms with Crippen molar-refractivity contribution in [2.45, 2.75) is 6.92 Å². The molecular formula is C13H9ClO. The Morgan fingerprint density at radius 2 is 1.87 bits per heavy atom. The van der Waals surface area contributed by atoms with Crippen LogP contribution in [0.15, 0.2) is 40.8 Å². The molecule has 3 aromatic rings. The van der Waals surface area contributed by atoms with Crippen molar-refractivity contribution in [1.82, 2.24) is 0 Å². The van der Waals surface area contributed by atoms with E-state index in [0.717, 1.165) is 32.5 Å². The Morgan fingerprint density at radius 3 is 2.73 bits per heavy atom. The molecule has 0 unspecified atom stereocenters. The van der Waals surface area contributed by atoms with Crippen LogP contribution >= 0.6 is 11.6 Å². The molecule has 2 aromatic carbocycles. The summed E-state index contributed by atoms with van der Waals surface area (Å²) in [7, 11) is 0. The van der Waals surface area contributed by atoms with Gasteiger partial charge in [-0.15, -0.1) is 0 Å². The first kappa shape index (κ1) is 8.81. The molecule has 1 aromatic heterocycles. The Morgan fingerprint density at radius 1 is 1.07 bits per heavy atom. The zero-order chi connectivity index (χ0) is 10.4. The van der Waals surface area contributed by atoms with Crippen LogP contribution in [0.5, 0.6) is 0 Å². The van der Waals surface area contributed by atoms with E-state index >= 15 is 0 Å². The lowest BCUT2D eigenvalue weighted by Crippen LogP contribution is -1.74. The van der Waals surface area contributed by atoms with Crippen molar-refractivity contribution in [3.8, 4) is 0 Å². The molecule has 0 bridgehead atoms. The van der Waals surface area contributed by atoms with Crippen LogP contribution in [-0.2, 0) is 0 Å². The molecule has 1 heterocycles. The minimum Gasteiger partial charge on any atom is -0.456 e. The highest BCUT2D eigenvalue weighted by Gasteiger charge is 2.08. The molecule has 0 aliphatic rings. The van der Waals surface area contributed by atoms with Gasteiger partial charge in [-0.1, -0.05) is 29.8 Å². The third kappa shape index (κ3) is 1.24. The average Bonchev–Trinajstić information content (AvgIpc) is 2.54. The molecule has 0 saturated carbocycles. The van der Waals surface area contributed by atoms with Gasteiger partial charge in [-0.3, -0.25) is 0 Å². The molecule has 0 saturated heterocycles. The number of halogens is 1. The van der Waals surface area contributed by atoms with Crippen LogP contribution in [0.1, 0.15) is 5.56 Å². The normalized spacial score (nSPS) is 11.3. The highest BCUT2D eigenvalue weighted by atomic mass is 35.5. The van der Waals surface area contributed by atoms with Crippen LogP contribution in [-0.4, -0.2) is 0 Å². The maximum absolute atomic E-state index is 5.99. The van der Waals surface area contributed by atoms with Gasteiger partial charge in [0, 0.05) is 21.9 Å². The fraction of sp³-hybridized carbons (Fsp3) is 0.0769. The Balaban J connectivity index is 2.61. The van der Waals surface area contributed by atoms with Crippen LogP contribution in [0.3, 0.4) is 0 Å². The van der Waals surface area contributed by atoms with E-state index in [-0.39, 0.29) is 0 Å². The first-order valence-electron chi connectivity index (χ1n) is 4.83. The van der Waals surface area contributed by atoms with Crippen molar-refractivity contribution in [2.75, 3.05) is 0 Å². The van der Waals surface area contributed by atoms with Gasteiger partial charge in [0.15, 0.2) is 0 Å². The fourth-order valence-electron chi connectivity index (χ4n) is 2.02. The van der Waals surface area contributed by atoms with E-state index in [0.29, 0.717) is 0 Å².